The molecular weight excluding hydrogens is 228 g/mol. The molecule has 0 aliphatic rings. The predicted octanol–water partition coefficient (Wildman–Crippen LogP) is 1.85. The van der Waals surface area contributed by atoms with Crippen molar-refractivity contribution in [2.24, 2.45) is 7.05 Å². The molecule has 0 radical (unpaired) electrons. The van der Waals surface area contributed by atoms with Crippen LogP contribution in [0.1, 0.15) is 37.8 Å². The second-order valence-corrected chi connectivity index (χ2v) is 4.42. The summed E-state index contributed by atoms with van der Waals surface area (Å²) in [4.78, 5) is 7.31. The summed E-state index contributed by atoms with van der Waals surface area (Å²) in [7, 11) is 1.90. The summed E-state index contributed by atoms with van der Waals surface area (Å²) in [5, 5.41) is 7.77. The molecule has 2 aromatic heterocycles. The molecule has 0 saturated heterocycles. The third-order valence-corrected chi connectivity index (χ3v) is 2.93. The normalized spacial score (nSPS) is 12.6. The molecule has 0 bridgehead atoms. The van der Waals surface area contributed by atoms with Gasteiger partial charge in [-0.15, -0.1) is 0 Å². The first-order valence-corrected chi connectivity index (χ1v) is 6.20. The topological polar surface area (TPSA) is 84.5 Å². The second-order valence-electron chi connectivity index (χ2n) is 4.42. The van der Waals surface area contributed by atoms with E-state index in [0.29, 0.717) is 0 Å². The van der Waals surface area contributed by atoms with Crippen molar-refractivity contribution in [1.29, 1.82) is 0 Å². The van der Waals surface area contributed by atoms with E-state index >= 15 is 0 Å². The number of rotatable bonds is 5. The van der Waals surface area contributed by atoms with E-state index in [4.69, 9.17) is 5.73 Å². The Labute approximate surface area is 107 Å². The number of aromatic nitrogens is 4. The van der Waals surface area contributed by atoms with Crippen molar-refractivity contribution in [3.63, 3.8) is 0 Å². The van der Waals surface area contributed by atoms with Crippen molar-refractivity contribution in [3.05, 3.63) is 23.9 Å². The first kappa shape index (κ1) is 12.5. The molecule has 0 amide bonds. The van der Waals surface area contributed by atoms with E-state index in [-0.39, 0.29) is 6.04 Å². The Kier molecular flexibility index (Phi) is 3.55. The van der Waals surface area contributed by atoms with Crippen LogP contribution in [0.15, 0.2) is 12.4 Å². The second kappa shape index (κ2) is 5.12. The van der Waals surface area contributed by atoms with Crippen molar-refractivity contribution in [1.82, 2.24) is 19.7 Å². The van der Waals surface area contributed by atoms with Gasteiger partial charge in [0.1, 0.15) is 11.6 Å². The Balaban J connectivity index is 2.18. The van der Waals surface area contributed by atoms with Crippen LogP contribution in [0.25, 0.3) is 0 Å². The lowest BCUT2D eigenvalue weighted by molar-refractivity contribution is 0.717. The number of aromatic amines is 1. The van der Waals surface area contributed by atoms with E-state index in [1.165, 1.54) is 0 Å². The number of nitrogens with one attached hydrogen (secondary N) is 2. The average molecular weight is 248 g/mol. The molecule has 98 valence electrons. The number of hydrogen-bond donors (Lipinski definition) is 3. The molecule has 4 N–H and O–H groups in total. The Hall–Kier alpha value is -1.98. The molecule has 0 spiro atoms. The predicted molar refractivity (Wildman–Crippen MR) is 72.2 cm³/mol. The summed E-state index contributed by atoms with van der Waals surface area (Å²) in [6, 6.07) is 0.0622. The van der Waals surface area contributed by atoms with E-state index in [0.717, 1.165) is 35.9 Å². The zero-order valence-corrected chi connectivity index (χ0v) is 11.1. The molecule has 2 aromatic rings. The van der Waals surface area contributed by atoms with Crippen LogP contribution in [-0.4, -0.2) is 19.7 Å². The van der Waals surface area contributed by atoms with E-state index in [1.54, 1.807) is 10.9 Å². The number of nitrogens with zero attached hydrogens (tertiary/aromatic N) is 3. The van der Waals surface area contributed by atoms with Gasteiger partial charge in [-0.1, -0.05) is 13.3 Å². The number of anilines is 2. The molecule has 1 atom stereocenters. The fourth-order valence-electron chi connectivity index (χ4n) is 1.98. The van der Waals surface area contributed by atoms with Gasteiger partial charge in [0.2, 0.25) is 0 Å². The molecule has 18 heavy (non-hydrogen) atoms. The molecule has 6 heteroatoms. The van der Waals surface area contributed by atoms with Gasteiger partial charge >= 0.3 is 0 Å². The fraction of sp³-hybridized carbons (Fsp3) is 0.500. The van der Waals surface area contributed by atoms with Crippen LogP contribution in [0.3, 0.4) is 0 Å². The quantitative estimate of drug-likeness (QED) is 0.754. The number of hydrogen-bond acceptors (Lipinski definition) is 4. The Morgan fingerprint density at radius 1 is 1.56 bits per heavy atom. The average Bonchev–Trinajstić information content (AvgIpc) is 2.94. The highest BCUT2D eigenvalue weighted by atomic mass is 15.3. The third kappa shape index (κ3) is 2.32. The van der Waals surface area contributed by atoms with E-state index in [9.17, 15) is 0 Å². The van der Waals surface area contributed by atoms with Crippen LogP contribution in [0.5, 0.6) is 0 Å². The summed E-state index contributed by atoms with van der Waals surface area (Å²) in [6.07, 6.45) is 5.48. The van der Waals surface area contributed by atoms with Gasteiger partial charge in [-0.05, 0) is 13.3 Å². The first-order chi connectivity index (χ1) is 8.63. The summed E-state index contributed by atoms with van der Waals surface area (Å²) in [5.41, 5.74) is 7.80. The monoisotopic (exact) mass is 248 g/mol. The Morgan fingerprint density at radius 3 is 2.94 bits per heavy atom. The van der Waals surface area contributed by atoms with Gasteiger partial charge in [0.05, 0.1) is 17.4 Å². The molecule has 0 aromatic carbocycles. The highest BCUT2D eigenvalue weighted by Crippen LogP contribution is 2.26. The Bertz CT molecular complexity index is 499. The smallest absolute Gasteiger partial charge is 0.148 e. The van der Waals surface area contributed by atoms with Crippen LogP contribution < -0.4 is 11.1 Å². The maximum Gasteiger partial charge on any atom is 0.148 e. The minimum atomic E-state index is 0.0622. The maximum absolute atomic E-state index is 6.12. The van der Waals surface area contributed by atoms with Gasteiger partial charge in [0, 0.05) is 19.4 Å². The van der Waals surface area contributed by atoms with Gasteiger partial charge in [0.15, 0.2) is 0 Å². The molecule has 0 fully saturated rings. The standard InChI is InChI=1S/C12H20N6/c1-4-5-9-10(13)12(18(3)17-9)16-8(2)11-14-6-7-15-11/h6-8,16H,4-5,13H2,1-3H3,(H,14,15). The van der Waals surface area contributed by atoms with Crippen molar-refractivity contribution in [2.45, 2.75) is 32.7 Å². The van der Waals surface area contributed by atoms with E-state index < -0.39 is 0 Å². The van der Waals surface area contributed by atoms with Gasteiger partial charge in [-0.25, -0.2) is 4.98 Å². The van der Waals surface area contributed by atoms with Gasteiger partial charge in [0.25, 0.3) is 0 Å². The van der Waals surface area contributed by atoms with E-state index in [1.807, 2.05) is 20.2 Å². The van der Waals surface area contributed by atoms with Crippen LogP contribution in [0.4, 0.5) is 11.5 Å². The largest absolute Gasteiger partial charge is 0.394 e. The molecule has 6 nitrogen and oxygen atoms in total. The highest BCUT2D eigenvalue weighted by Gasteiger charge is 2.16. The van der Waals surface area contributed by atoms with E-state index in [2.05, 4.69) is 27.3 Å². The summed E-state index contributed by atoms with van der Waals surface area (Å²) < 4.78 is 1.79. The van der Waals surface area contributed by atoms with Crippen molar-refractivity contribution in [2.75, 3.05) is 11.1 Å². The van der Waals surface area contributed by atoms with Gasteiger partial charge in [-0.3, -0.25) is 4.68 Å². The molecule has 0 aliphatic heterocycles. The molecular formula is C12H20N6. The van der Waals surface area contributed by atoms with Crippen molar-refractivity contribution >= 4 is 11.5 Å². The Morgan fingerprint density at radius 2 is 2.33 bits per heavy atom. The van der Waals surface area contributed by atoms with Gasteiger partial charge < -0.3 is 16.0 Å². The van der Waals surface area contributed by atoms with Crippen molar-refractivity contribution in [3.8, 4) is 0 Å². The zero-order valence-electron chi connectivity index (χ0n) is 11.1. The molecule has 0 aliphatic carbocycles. The minimum Gasteiger partial charge on any atom is -0.394 e. The van der Waals surface area contributed by atoms with Crippen LogP contribution in [-0.2, 0) is 13.5 Å². The molecule has 2 rings (SSSR count). The number of aryl methyl sites for hydroxylation is 2. The minimum absolute atomic E-state index is 0.0622. The number of nitrogen functional groups attached to an aromatic ring is 1. The van der Waals surface area contributed by atoms with Crippen molar-refractivity contribution < 1.29 is 0 Å². The number of H-pyrrole nitrogens is 1. The fourth-order valence-corrected chi connectivity index (χ4v) is 1.98. The SMILES string of the molecule is CCCc1nn(C)c(NC(C)c2ncc[nH]2)c1N. The van der Waals surface area contributed by atoms with Gasteiger partial charge in [-0.2, -0.15) is 5.10 Å². The van der Waals surface area contributed by atoms with Crippen LogP contribution in [0.2, 0.25) is 0 Å². The lowest BCUT2D eigenvalue weighted by Gasteiger charge is -2.13. The molecule has 0 saturated carbocycles. The summed E-state index contributed by atoms with van der Waals surface area (Å²) in [5.74, 6) is 1.73. The lowest BCUT2D eigenvalue weighted by Crippen LogP contribution is -2.12. The molecule has 1 unspecified atom stereocenters. The van der Waals surface area contributed by atoms with Crippen LogP contribution >= 0.6 is 0 Å². The van der Waals surface area contributed by atoms with Crippen LogP contribution in [0, 0.1) is 0 Å². The third-order valence-electron chi connectivity index (χ3n) is 2.93. The zero-order chi connectivity index (χ0) is 13.1. The number of imidazole rings is 1. The highest BCUT2D eigenvalue weighted by molar-refractivity contribution is 5.65. The maximum atomic E-state index is 6.12. The summed E-state index contributed by atoms with van der Waals surface area (Å²) >= 11 is 0. The first-order valence-electron chi connectivity index (χ1n) is 6.20. The molecule has 2 heterocycles. The lowest BCUT2D eigenvalue weighted by atomic mass is 10.2. The number of nitrogens with two attached hydrogens (primary N) is 1. The summed E-state index contributed by atoms with van der Waals surface area (Å²) in [6.45, 7) is 4.15.